The molecule has 0 aromatic rings. The summed E-state index contributed by atoms with van der Waals surface area (Å²) in [5.74, 6) is -9.03. The zero-order valence-corrected chi connectivity index (χ0v) is 59.3. The molecule has 45 atom stereocenters. The van der Waals surface area contributed by atoms with Crippen molar-refractivity contribution in [2.45, 2.75) is 299 Å². The number of aliphatic hydroxyl groups excluding tert-OH is 24. The Morgan fingerprint density at radius 2 is 0.850 bits per heavy atom. The number of hydrogen-bond donors (Lipinski definition) is 26. The summed E-state index contributed by atoms with van der Waals surface area (Å²) in [4.78, 5) is 12.7. The van der Waals surface area contributed by atoms with E-state index in [1.54, 1.807) is 13.8 Å². The Hall–Kier alpha value is -2.21. The molecule has 8 aliphatic heterocycles. The molecule has 8 heterocycles. The zero-order valence-electron chi connectivity index (χ0n) is 59.3. The molecule has 107 heavy (non-hydrogen) atoms. The van der Waals surface area contributed by atoms with Crippen LogP contribution in [0.1, 0.15) is 48.0 Å². The highest BCUT2D eigenvalue weighted by molar-refractivity contribution is 5.76. The minimum atomic E-state index is -2.91. The van der Waals surface area contributed by atoms with Gasteiger partial charge in [-0.05, 0) is 13.8 Å². The summed E-state index contributed by atoms with van der Waals surface area (Å²) in [6.45, 7) is -0.915. The molecule has 8 fully saturated rings. The Bertz CT molecular complexity index is 2650. The summed E-state index contributed by atoms with van der Waals surface area (Å²) in [7, 11) is 0. The minimum Gasteiger partial charge on any atom is -0.477 e. The maximum Gasteiger partial charge on any atom is 0.364 e. The van der Waals surface area contributed by atoms with Gasteiger partial charge >= 0.3 is 5.97 Å². The van der Waals surface area contributed by atoms with Crippen molar-refractivity contribution in [1.29, 1.82) is 0 Å². The van der Waals surface area contributed by atoms with E-state index in [2.05, 4.69) is 0 Å². The summed E-state index contributed by atoms with van der Waals surface area (Å²) in [5.41, 5.74) is 5.95. The molecular weight excluding hydrogens is 1460 g/mol. The summed E-state index contributed by atoms with van der Waals surface area (Å²) in [6.07, 6.45) is -70.2. The second-order valence-corrected chi connectivity index (χ2v) is 28.6. The van der Waals surface area contributed by atoms with Crippen molar-refractivity contribution in [2.75, 3.05) is 66.1 Å². The number of nitrogens with two attached hydrogens (primary N) is 1. The third-order valence-electron chi connectivity index (χ3n) is 21.2. The summed E-state index contributed by atoms with van der Waals surface area (Å²) >= 11 is 0. The van der Waals surface area contributed by atoms with Crippen molar-refractivity contribution < 1.29 is 213 Å². The number of carbonyl (C=O) groups is 1. The maximum atomic E-state index is 12.7. The lowest BCUT2D eigenvalue weighted by molar-refractivity contribution is -0.383. The first-order valence-electron chi connectivity index (χ1n) is 35.4. The van der Waals surface area contributed by atoms with Gasteiger partial charge < -0.3 is 214 Å². The number of aliphatic carboxylic acids is 1. The molecule has 0 radical (unpaired) electrons. The van der Waals surface area contributed by atoms with Gasteiger partial charge in [0.05, 0.1) is 115 Å². The number of hydrogen-bond acceptors (Lipinski definition) is 43. The topological polar surface area (TPSA) is 706 Å². The van der Waals surface area contributed by atoms with Crippen LogP contribution >= 0.6 is 0 Å². The molecule has 0 bridgehead atoms. The quantitative estimate of drug-likeness (QED) is 0.0271. The van der Waals surface area contributed by atoms with Crippen molar-refractivity contribution in [3.05, 3.63) is 0 Å². The Kier molecular flexibility index (Phi) is 33.3. The fourth-order valence-corrected chi connectivity index (χ4v) is 13.9. The number of rotatable bonds is 33. The van der Waals surface area contributed by atoms with E-state index < -0.39 is 353 Å². The van der Waals surface area contributed by atoms with E-state index in [1.165, 1.54) is 20.8 Å². The number of carboxylic acids is 1. The largest absolute Gasteiger partial charge is 0.477 e. The van der Waals surface area contributed by atoms with Crippen LogP contribution in [0.15, 0.2) is 0 Å². The van der Waals surface area contributed by atoms with Gasteiger partial charge in [-0.1, -0.05) is 27.7 Å². The van der Waals surface area contributed by atoms with E-state index in [-0.39, 0.29) is 0 Å². The highest BCUT2D eigenvalue weighted by Crippen LogP contribution is 2.41. The molecule has 626 valence electrons. The maximum absolute atomic E-state index is 12.7. The molecule has 0 aliphatic carbocycles. The second kappa shape index (κ2) is 39.4. The second-order valence-electron chi connectivity index (χ2n) is 28.6. The smallest absolute Gasteiger partial charge is 0.364 e. The van der Waals surface area contributed by atoms with Crippen molar-refractivity contribution in [3.8, 4) is 0 Å². The molecule has 8 rings (SSSR count). The van der Waals surface area contributed by atoms with Crippen molar-refractivity contribution in [2.24, 2.45) is 29.4 Å². The van der Waals surface area contributed by atoms with Crippen LogP contribution in [0.3, 0.4) is 0 Å². The number of carboxylic acid groups (broad SMARTS) is 1. The van der Waals surface area contributed by atoms with E-state index in [0.29, 0.717) is 0 Å². The van der Waals surface area contributed by atoms with Gasteiger partial charge in [0.2, 0.25) is 0 Å². The molecule has 0 aromatic heterocycles. The molecular formula is C63H111NO43. The third kappa shape index (κ3) is 20.0. The van der Waals surface area contributed by atoms with E-state index in [9.17, 15) is 132 Å². The van der Waals surface area contributed by atoms with Crippen LogP contribution in [-0.4, -0.2) is 451 Å². The fourth-order valence-electron chi connectivity index (χ4n) is 13.9. The van der Waals surface area contributed by atoms with E-state index in [0.717, 1.165) is 6.92 Å². The molecule has 0 amide bonds. The minimum absolute atomic E-state index is 0.534. The van der Waals surface area contributed by atoms with Gasteiger partial charge in [-0.25, -0.2) is 4.79 Å². The first-order chi connectivity index (χ1) is 50.5. The Morgan fingerprint density at radius 1 is 0.449 bits per heavy atom. The lowest BCUT2D eigenvalue weighted by Crippen LogP contribution is -2.67. The number of aliphatic hydroxyl groups is 24. The first kappa shape index (κ1) is 90.3. The highest BCUT2D eigenvalue weighted by atomic mass is 16.8. The normalized spacial score (nSPS) is 48.4. The Balaban J connectivity index is 1.02. The molecule has 44 nitrogen and oxygen atoms in total. The summed E-state index contributed by atoms with van der Waals surface area (Å²) in [5, 5.41) is 273. The molecule has 44 heteroatoms. The van der Waals surface area contributed by atoms with Gasteiger partial charge in [0.15, 0.2) is 44.0 Å². The van der Waals surface area contributed by atoms with Crippen LogP contribution in [0.2, 0.25) is 0 Å². The Labute approximate surface area is 612 Å². The summed E-state index contributed by atoms with van der Waals surface area (Å²) < 4.78 is 101. The van der Waals surface area contributed by atoms with Gasteiger partial charge in [0, 0.05) is 30.1 Å². The monoisotopic (exact) mass is 1570 g/mol. The SMILES string of the molecule is CC1C(O)[C@H](O)[C@H](CO)O[C@H]1O[C@@H]1C(O)[C@H](O)C(CO)O[C@@H]1OCC(O[C@@H](O[C@@H]1C(CO)O[C@@H](O[C@@H]2C(CO)O[C@@H](C)[C@@H](C)C2O)[C@@H](C)C1O)[C@H](O)CO[C@H]1O[C@H](CO)[C@@H](O)C(O)C1O[C@@H]1OC(CO)[C@@H](O[C@@H]2OC(CO[C@]3(C(=O)O)C[C@@H](O)[C@@H](N)C([C@H](O)[C@H](O)CO)O3)[C@H](O)C(O)[C@@H]2O)C(O)[C@@H]1C)[C@H](C)O. The molecule has 27 N–H and O–H groups in total. The molecule has 8 aliphatic rings. The molecule has 8 saturated heterocycles. The standard InChI is InChI=1S/C63H111NO43/c1-18-23(6)94-30(12-69)49(37(18)77)102-56-20(3)38(78)50(31(13-70)98-56)103-58(100-33(22(5)72)16-92-61-54(47(87)43(83)29(11-68)97-61)105-55-19(2)36(76)41(81)27(9-66)95-55)26(75)15-91-60-53(46(86)42(82)28(10-67)96-60)106-57-21(4)39(79)51(32(14-71)99-57)104-59-48(88)45(85)44(84)34(101-59)17-93-63(62(89)90)7-24(73)35(64)52(107-63)40(80)25(74)8-65/h18-61,65-88H,7-17,64H2,1-6H3,(H,89,90)/t18-,19?,20+,21+,22+,23+,24-,25-,26-,27+,28-,29?,30?,31?,32?,33?,34?,35-,36?,37?,38?,39?,40-,41-,42-,43-,44+,45?,46?,47?,48+,49-,50-,51-,52?,53?,54-,55+,56+,57+,58+,59+,60+,61+,63-/m1/s1. The van der Waals surface area contributed by atoms with Crippen molar-refractivity contribution in [3.63, 3.8) is 0 Å². The predicted molar refractivity (Wildman–Crippen MR) is 339 cm³/mol. The molecule has 0 aromatic carbocycles. The molecule has 16 unspecified atom stereocenters. The van der Waals surface area contributed by atoms with Crippen LogP contribution < -0.4 is 5.73 Å². The lowest BCUT2D eigenvalue weighted by Gasteiger charge is -2.49. The van der Waals surface area contributed by atoms with Crippen LogP contribution in [-0.2, 0) is 85.3 Å². The van der Waals surface area contributed by atoms with E-state index in [4.69, 9.17) is 86.3 Å². The van der Waals surface area contributed by atoms with E-state index >= 15 is 0 Å². The lowest BCUT2D eigenvalue weighted by atomic mass is 9.88. The average Bonchev–Trinajstić information content (AvgIpc) is 0.766. The van der Waals surface area contributed by atoms with Gasteiger partial charge in [0.25, 0.3) is 5.79 Å². The van der Waals surface area contributed by atoms with Crippen molar-refractivity contribution >= 4 is 5.97 Å². The molecule has 0 saturated carbocycles. The number of ether oxygens (including phenoxy) is 17. The van der Waals surface area contributed by atoms with Gasteiger partial charge in [-0.15, -0.1) is 0 Å². The fraction of sp³-hybridized carbons (Fsp3) is 0.984. The first-order valence-corrected chi connectivity index (χ1v) is 35.4. The van der Waals surface area contributed by atoms with Crippen LogP contribution in [0.5, 0.6) is 0 Å². The van der Waals surface area contributed by atoms with Gasteiger partial charge in [-0.2, -0.15) is 0 Å². The summed E-state index contributed by atoms with van der Waals surface area (Å²) in [6, 6.07) is -1.55. The predicted octanol–water partition coefficient (Wildman–Crippen LogP) is -14.6. The van der Waals surface area contributed by atoms with E-state index in [1.807, 2.05) is 0 Å². The van der Waals surface area contributed by atoms with Crippen LogP contribution in [0.4, 0.5) is 0 Å². The highest BCUT2D eigenvalue weighted by Gasteiger charge is 2.59. The third-order valence-corrected chi connectivity index (χ3v) is 21.2. The Morgan fingerprint density at radius 3 is 1.34 bits per heavy atom. The van der Waals surface area contributed by atoms with Gasteiger partial charge in [0.1, 0.15) is 153 Å². The zero-order chi connectivity index (χ0) is 79.3. The van der Waals surface area contributed by atoms with Gasteiger partial charge in [-0.3, -0.25) is 0 Å². The average molecular weight is 1570 g/mol. The van der Waals surface area contributed by atoms with Crippen LogP contribution in [0, 0.1) is 23.7 Å². The van der Waals surface area contributed by atoms with Crippen molar-refractivity contribution in [1.82, 2.24) is 0 Å². The molecule has 0 spiro atoms. The van der Waals surface area contributed by atoms with Crippen LogP contribution in [0.25, 0.3) is 0 Å².